The number of amides is 2. The van der Waals surface area contributed by atoms with Crippen molar-refractivity contribution in [3.8, 4) is 0 Å². The fourth-order valence-corrected chi connectivity index (χ4v) is 5.70. The van der Waals surface area contributed by atoms with Gasteiger partial charge in [0.25, 0.3) is 5.91 Å². The summed E-state index contributed by atoms with van der Waals surface area (Å²) in [5.74, 6) is -6.89. The Labute approximate surface area is 226 Å². The zero-order valence-corrected chi connectivity index (χ0v) is 21.8. The van der Waals surface area contributed by atoms with Crippen LogP contribution in [-0.2, 0) is 17.8 Å². The van der Waals surface area contributed by atoms with E-state index in [4.69, 9.17) is 0 Å². The molecule has 0 radical (unpaired) electrons. The third-order valence-electron chi connectivity index (χ3n) is 7.78. The monoisotopic (exact) mass is 567 g/mol. The molecule has 2 N–H and O–H groups in total. The van der Waals surface area contributed by atoms with E-state index in [0.29, 0.717) is 42.1 Å². The summed E-state index contributed by atoms with van der Waals surface area (Å²) in [6, 6.07) is 3.90. The van der Waals surface area contributed by atoms with Gasteiger partial charge in [-0.25, -0.2) is 18.3 Å². The van der Waals surface area contributed by atoms with Gasteiger partial charge in [-0.05, 0) is 50.3 Å². The predicted octanol–water partition coefficient (Wildman–Crippen LogP) is 4.10. The van der Waals surface area contributed by atoms with Crippen molar-refractivity contribution in [1.82, 2.24) is 35.0 Å². The molecule has 2 fully saturated rings. The molecule has 4 atom stereocenters. The topological polar surface area (TPSA) is 106 Å². The number of aromatic nitrogens is 5. The third-order valence-corrected chi connectivity index (χ3v) is 7.78. The van der Waals surface area contributed by atoms with Gasteiger partial charge in [0.1, 0.15) is 5.69 Å². The second-order valence-electron chi connectivity index (χ2n) is 10.6. The average Bonchev–Trinajstić information content (AvgIpc) is 3.54. The normalized spacial score (nSPS) is 24.1. The van der Waals surface area contributed by atoms with Gasteiger partial charge in [-0.15, -0.1) is 0 Å². The minimum Gasteiger partial charge on any atom is -0.355 e. The molecule has 1 aliphatic carbocycles. The first-order valence-electron chi connectivity index (χ1n) is 13.3. The molecule has 40 heavy (non-hydrogen) atoms. The second kappa shape index (κ2) is 10.8. The van der Waals surface area contributed by atoms with Gasteiger partial charge in [-0.3, -0.25) is 14.3 Å². The first-order chi connectivity index (χ1) is 18.9. The maximum absolute atomic E-state index is 14.4. The lowest BCUT2D eigenvalue weighted by atomic mass is 9.80. The summed E-state index contributed by atoms with van der Waals surface area (Å²) in [5, 5.41) is 13.8. The van der Waals surface area contributed by atoms with E-state index in [1.165, 1.54) is 21.6 Å². The van der Waals surface area contributed by atoms with Crippen molar-refractivity contribution in [3.63, 3.8) is 0 Å². The summed E-state index contributed by atoms with van der Waals surface area (Å²) in [7, 11) is 0. The second-order valence-corrected chi connectivity index (χ2v) is 10.6. The Morgan fingerprint density at radius 1 is 1.27 bits per heavy atom. The number of hydrogen-bond acceptors (Lipinski definition) is 5. The quantitative estimate of drug-likeness (QED) is 0.419. The standard InChI is InChI=1S/C26H30F5N7O2/c1-2-37-20(7-9-33-37)24(40)35-22(15-4-3-8-25(27,28)12-15)19-14-38-21(34-19)6-5-18(36-38)11-16-10-17(26(29,30)31)13-32-23(16)39/h5-7,9,14-17,22H,2-4,8,10-13H2,1H3,(H,32,39)(H,35,40)/t15-,16?,17+,22-/m0/s1. The molecule has 2 aliphatic rings. The molecule has 5 rings (SSSR count). The summed E-state index contributed by atoms with van der Waals surface area (Å²) in [5.41, 5.74) is 1.40. The first-order valence-corrected chi connectivity index (χ1v) is 13.3. The van der Waals surface area contributed by atoms with Gasteiger partial charge >= 0.3 is 6.18 Å². The van der Waals surface area contributed by atoms with Crippen molar-refractivity contribution >= 4 is 17.5 Å². The van der Waals surface area contributed by atoms with Crippen LogP contribution in [-0.4, -0.2) is 54.8 Å². The summed E-state index contributed by atoms with van der Waals surface area (Å²) < 4.78 is 71.4. The Balaban J connectivity index is 1.41. The zero-order chi connectivity index (χ0) is 28.7. The number of nitrogens with zero attached hydrogens (tertiary/aromatic N) is 5. The van der Waals surface area contributed by atoms with Crippen molar-refractivity contribution in [2.24, 2.45) is 17.8 Å². The number of nitrogens with one attached hydrogen (secondary N) is 2. The van der Waals surface area contributed by atoms with Gasteiger partial charge in [-0.1, -0.05) is 0 Å². The number of aryl methyl sites for hydroxylation is 1. The highest BCUT2D eigenvalue weighted by Gasteiger charge is 2.45. The molecule has 2 amide bonds. The average molecular weight is 568 g/mol. The first kappa shape index (κ1) is 28.0. The molecule has 3 aromatic heterocycles. The number of imidazole rings is 1. The van der Waals surface area contributed by atoms with Crippen molar-refractivity contribution in [2.45, 2.75) is 70.1 Å². The Morgan fingerprint density at radius 2 is 2.08 bits per heavy atom. The Morgan fingerprint density at radius 3 is 2.80 bits per heavy atom. The maximum Gasteiger partial charge on any atom is 0.393 e. The molecular weight excluding hydrogens is 537 g/mol. The molecule has 3 aromatic rings. The van der Waals surface area contributed by atoms with Crippen molar-refractivity contribution in [3.05, 3.63) is 47.7 Å². The van der Waals surface area contributed by atoms with E-state index in [0.717, 1.165) is 0 Å². The van der Waals surface area contributed by atoms with Gasteiger partial charge in [0, 0.05) is 44.5 Å². The van der Waals surface area contributed by atoms with Gasteiger partial charge in [0.05, 0.1) is 29.5 Å². The van der Waals surface area contributed by atoms with Gasteiger partial charge in [0.15, 0.2) is 5.65 Å². The van der Waals surface area contributed by atoms with Crippen LogP contribution in [0, 0.1) is 17.8 Å². The van der Waals surface area contributed by atoms with Crippen molar-refractivity contribution < 1.29 is 31.5 Å². The predicted molar refractivity (Wildman–Crippen MR) is 132 cm³/mol. The van der Waals surface area contributed by atoms with Crippen molar-refractivity contribution in [1.29, 1.82) is 0 Å². The van der Waals surface area contributed by atoms with Crippen LogP contribution >= 0.6 is 0 Å². The van der Waals surface area contributed by atoms with Gasteiger partial charge in [-0.2, -0.15) is 23.4 Å². The number of rotatable bonds is 7. The molecule has 14 heteroatoms. The Hall–Kier alpha value is -3.58. The third kappa shape index (κ3) is 5.94. The van der Waals surface area contributed by atoms with Crippen LogP contribution in [0.15, 0.2) is 30.6 Å². The van der Waals surface area contributed by atoms with Crippen LogP contribution in [0.5, 0.6) is 0 Å². The molecule has 0 aromatic carbocycles. The number of halogens is 5. The number of hydrogen-bond donors (Lipinski definition) is 2. The molecule has 0 spiro atoms. The van der Waals surface area contributed by atoms with Crippen LogP contribution in [0.25, 0.3) is 5.65 Å². The maximum atomic E-state index is 14.4. The minimum absolute atomic E-state index is 0.00210. The molecule has 1 saturated heterocycles. The molecule has 1 saturated carbocycles. The van der Waals surface area contributed by atoms with E-state index in [1.807, 2.05) is 6.92 Å². The van der Waals surface area contributed by atoms with E-state index in [1.54, 1.807) is 18.2 Å². The molecule has 9 nitrogen and oxygen atoms in total. The largest absolute Gasteiger partial charge is 0.393 e. The highest BCUT2D eigenvalue weighted by Crippen LogP contribution is 2.42. The van der Waals surface area contributed by atoms with E-state index in [-0.39, 0.29) is 19.3 Å². The van der Waals surface area contributed by atoms with Crippen LogP contribution in [0.3, 0.4) is 0 Å². The van der Waals surface area contributed by atoms with Crippen LogP contribution in [0.1, 0.15) is 66.9 Å². The molecule has 216 valence electrons. The van der Waals surface area contributed by atoms with Gasteiger partial charge in [0.2, 0.25) is 11.8 Å². The number of alkyl halides is 5. The van der Waals surface area contributed by atoms with E-state index in [2.05, 4.69) is 25.8 Å². The highest BCUT2D eigenvalue weighted by molar-refractivity contribution is 5.92. The lowest BCUT2D eigenvalue weighted by Gasteiger charge is -2.34. The van der Waals surface area contributed by atoms with E-state index < -0.39 is 60.7 Å². The highest BCUT2D eigenvalue weighted by atomic mass is 19.4. The molecule has 1 unspecified atom stereocenters. The van der Waals surface area contributed by atoms with Crippen molar-refractivity contribution in [2.75, 3.05) is 6.54 Å². The van der Waals surface area contributed by atoms with Crippen LogP contribution in [0.2, 0.25) is 0 Å². The molecular formula is C26H30F5N7O2. The Bertz CT molecular complexity index is 1390. The molecule has 4 heterocycles. The SMILES string of the molecule is CCn1nccc1C(=O)N[C@H](c1cn2nc(CC3C[C@@H](C(F)(F)F)CNC3=O)ccc2n1)[C@H]1CCCC(F)(F)C1. The number of carbonyl (C=O) groups is 2. The van der Waals surface area contributed by atoms with Crippen LogP contribution in [0.4, 0.5) is 22.0 Å². The van der Waals surface area contributed by atoms with Crippen LogP contribution < -0.4 is 10.6 Å². The summed E-state index contributed by atoms with van der Waals surface area (Å²) >= 11 is 0. The number of carbonyl (C=O) groups excluding carboxylic acids is 2. The zero-order valence-electron chi connectivity index (χ0n) is 21.8. The number of piperidine rings is 1. The summed E-state index contributed by atoms with van der Waals surface area (Å²) in [6.45, 7) is 1.84. The van der Waals surface area contributed by atoms with E-state index >= 15 is 0 Å². The summed E-state index contributed by atoms with van der Waals surface area (Å²) in [4.78, 5) is 30.0. The van der Waals surface area contributed by atoms with Gasteiger partial charge < -0.3 is 10.6 Å². The molecule has 0 bridgehead atoms. The fraction of sp³-hybridized carbons (Fsp3) is 0.577. The van der Waals surface area contributed by atoms with E-state index in [9.17, 15) is 31.5 Å². The smallest absolute Gasteiger partial charge is 0.355 e. The lowest BCUT2D eigenvalue weighted by Crippen LogP contribution is -2.47. The lowest BCUT2D eigenvalue weighted by molar-refractivity contribution is -0.183. The Kier molecular flexibility index (Phi) is 7.53. The summed E-state index contributed by atoms with van der Waals surface area (Å²) in [6.07, 6.45) is -1.57. The fourth-order valence-electron chi connectivity index (χ4n) is 5.70. The molecule has 1 aliphatic heterocycles. The minimum atomic E-state index is -4.41. The number of fused-ring (bicyclic) bond motifs is 1.